The molecule has 0 heterocycles. The largest absolute Gasteiger partial charge is 0.352 e. The number of sulfonamides is 1. The Morgan fingerprint density at radius 2 is 1.73 bits per heavy atom. The van der Waals surface area contributed by atoms with Crippen molar-refractivity contribution in [2.75, 3.05) is 17.1 Å². The summed E-state index contributed by atoms with van der Waals surface area (Å²) >= 11 is 12.3. The molecule has 12 heteroatoms. The van der Waals surface area contributed by atoms with Crippen molar-refractivity contribution in [3.05, 3.63) is 63.6 Å². The van der Waals surface area contributed by atoms with E-state index >= 15 is 0 Å². The molecule has 2 aromatic rings. The number of nitrogens with one attached hydrogen (secondary N) is 1. The summed E-state index contributed by atoms with van der Waals surface area (Å²) in [6.45, 7) is 5.25. The van der Waals surface area contributed by atoms with Crippen molar-refractivity contribution in [2.45, 2.75) is 58.7 Å². The smallest absolute Gasteiger partial charge is 0.242 e. The minimum absolute atomic E-state index is 0.0306. The van der Waals surface area contributed by atoms with Crippen LogP contribution in [0.5, 0.6) is 0 Å². The Bertz CT molecular complexity index is 1230. The van der Waals surface area contributed by atoms with Crippen molar-refractivity contribution >= 4 is 50.7 Å². The molecular formula is C25H31Cl2F2N3O4S. The Hall–Kier alpha value is -2.43. The number of nitrogens with zero attached hydrogens (tertiary/aromatic N) is 2. The van der Waals surface area contributed by atoms with E-state index in [0.717, 1.165) is 28.8 Å². The quantitative estimate of drug-likeness (QED) is 0.378. The molecule has 2 atom stereocenters. The lowest BCUT2D eigenvalue weighted by Crippen LogP contribution is -2.49. The normalized spacial score (nSPS) is 13.1. The maximum atomic E-state index is 13.7. The van der Waals surface area contributed by atoms with E-state index in [0.29, 0.717) is 22.0 Å². The number of hydrogen-bond donors (Lipinski definition) is 1. The first-order chi connectivity index (χ1) is 17.2. The predicted molar refractivity (Wildman–Crippen MR) is 142 cm³/mol. The van der Waals surface area contributed by atoms with Gasteiger partial charge in [-0.25, -0.2) is 17.2 Å². The topological polar surface area (TPSA) is 86.8 Å². The van der Waals surface area contributed by atoms with Gasteiger partial charge in [0.1, 0.15) is 6.04 Å². The van der Waals surface area contributed by atoms with E-state index in [2.05, 4.69) is 5.32 Å². The highest BCUT2D eigenvalue weighted by Gasteiger charge is 2.28. The van der Waals surface area contributed by atoms with E-state index in [9.17, 15) is 26.8 Å². The van der Waals surface area contributed by atoms with Crippen LogP contribution in [-0.4, -0.2) is 50.0 Å². The van der Waals surface area contributed by atoms with E-state index < -0.39 is 33.6 Å². The molecule has 0 aliphatic heterocycles. The minimum atomic E-state index is -3.84. The maximum absolute atomic E-state index is 13.7. The first kappa shape index (κ1) is 30.8. The second-order valence-corrected chi connectivity index (χ2v) is 11.5. The van der Waals surface area contributed by atoms with Crippen molar-refractivity contribution in [3.8, 4) is 0 Å². The number of carbonyl (C=O) groups is 2. The zero-order chi connectivity index (χ0) is 27.9. The first-order valence-corrected chi connectivity index (χ1v) is 14.3. The molecule has 1 N–H and O–H groups in total. The van der Waals surface area contributed by atoms with Gasteiger partial charge in [-0.15, -0.1) is 0 Å². The Labute approximate surface area is 226 Å². The lowest BCUT2D eigenvalue weighted by Gasteiger charge is -2.30. The van der Waals surface area contributed by atoms with Gasteiger partial charge in [-0.3, -0.25) is 13.9 Å². The molecule has 204 valence electrons. The number of benzene rings is 2. The van der Waals surface area contributed by atoms with Gasteiger partial charge in [-0.1, -0.05) is 36.2 Å². The molecule has 0 saturated heterocycles. The van der Waals surface area contributed by atoms with Gasteiger partial charge >= 0.3 is 0 Å². The van der Waals surface area contributed by atoms with Gasteiger partial charge in [0.15, 0.2) is 11.6 Å². The molecule has 0 spiro atoms. The summed E-state index contributed by atoms with van der Waals surface area (Å²) in [6, 6.07) is 6.67. The van der Waals surface area contributed by atoms with Gasteiger partial charge in [-0.2, -0.15) is 0 Å². The predicted octanol–water partition coefficient (Wildman–Crippen LogP) is 5.15. The molecule has 0 unspecified atom stereocenters. The molecule has 2 aromatic carbocycles. The second kappa shape index (κ2) is 13.4. The van der Waals surface area contributed by atoms with Crippen LogP contribution in [-0.2, 0) is 26.2 Å². The van der Waals surface area contributed by atoms with Crippen molar-refractivity contribution in [1.82, 2.24) is 10.2 Å². The summed E-state index contributed by atoms with van der Waals surface area (Å²) in [6.07, 6.45) is 1.60. The Balaban J connectivity index is 2.23. The molecule has 37 heavy (non-hydrogen) atoms. The Kier molecular flexibility index (Phi) is 11.1. The summed E-state index contributed by atoms with van der Waals surface area (Å²) < 4.78 is 52.6. The van der Waals surface area contributed by atoms with Crippen LogP contribution in [0.3, 0.4) is 0 Å². The van der Waals surface area contributed by atoms with Crippen LogP contribution in [0.4, 0.5) is 14.5 Å². The zero-order valence-corrected chi connectivity index (χ0v) is 23.4. The van der Waals surface area contributed by atoms with Crippen LogP contribution in [0.1, 0.15) is 45.6 Å². The fraction of sp³-hybridized carbons (Fsp3) is 0.440. The van der Waals surface area contributed by atoms with Crippen LogP contribution in [0.2, 0.25) is 10.0 Å². The zero-order valence-electron chi connectivity index (χ0n) is 21.1. The average molecular weight is 579 g/mol. The summed E-state index contributed by atoms with van der Waals surface area (Å²) in [7, 11) is -3.84. The molecule has 2 amide bonds. The van der Waals surface area contributed by atoms with Crippen LogP contribution in [0, 0.1) is 11.6 Å². The monoisotopic (exact) mass is 577 g/mol. The van der Waals surface area contributed by atoms with Crippen LogP contribution in [0.15, 0.2) is 36.4 Å². The van der Waals surface area contributed by atoms with E-state index in [1.807, 2.05) is 13.8 Å². The van der Waals surface area contributed by atoms with Crippen molar-refractivity contribution in [2.24, 2.45) is 0 Å². The van der Waals surface area contributed by atoms with Gasteiger partial charge in [0.05, 0.1) is 11.9 Å². The van der Waals surface area contributed by atoms with Crippen LogP contribution < -0.4 is 9.62 Å². The molecule has 0 aliphatic carbocycles. The molecule has 2 rings (SSSR count). The molecule has 0 aliphatic rings. The highest BCUT2D eigenvalue weighted by atomic mass is 35.5. The SMILES string of the molecule is CC[C@@H](C)NC(=O)[C@@H](C)N(Cc1ccc(Cl)cc1Cl)C(=O)CCCN(c1ccc(F)c(F)c1)S(C)(=O)=O. The molecule has 0 fully saturated rings. The minimum Gasteiger partial charge on any atom is -0.352 e. The van der Waals surface area contributed by atoms with Gasteiger partial charge in [0.25, 0.3) is 0 Å². The van der Waals surface area contributed by atoms with E-state index in [-0.39, 0.29) is 43.6 Å². The molecule has 7 nitrogen and oxygen atoms in total. The molecular weight excluding hydrogens is 547 g/mol. The fourth-order valence-electron chi connectivity index (χ4n) is 3.53. The van der Waals surface area contributed by atoms with E-state index in [1.54, 1.807) is 19.1 Å². The fourth-order valence-corrected chi connectivity index (χ4v) is 4.95. The Morgan fingerprint density at radius 3 is 2.30 bits per heavy atom. The number of hydrogen-bond acceptors (Lipinski definition) is 4. The van der Waals surface area contributed by atoms with Gasteiger partial charge in [0.2, 0.25) is 21.8 Å². The molecule has 0 saturated carbocycles. The number of anilines is 1. The summed E-state index contributed by atoms with van der Waals surface area (Å²) in [5.74, 6) is -3.04. The van der Waals surface area contributed by atoms with Gasteiger partial charge in [-0.05, 0) is 56.5 Å². The molecule has 0 radical (unpaired) electrons. The van der Waals surface area contributed by atoms with Crippen molar-refractivity contribution < 1.29 is 26.8 Å². The third kappa shape index (κ3) is 8.83. The first-order valence-electron chi connectivity index (χ1n) is 11.7. The van der Waals surface area contributed by atoms with Crippen molar-refractivity contribution in [1.29, 1.82) is 0 Å². The average Bonchev–Trinajstić information content (AvgIpc) is 2.81. The second-order valence-electron chi connectivity index (χ2n) is 8.79. The number of rotatable bonds is 12. The van der Waals surface area contributed by atoms with E-state index in [1.165, 1.54) is 11.0 Å². The lowest BCUT2D eigenvalue weighted by atomic mass is 10.1. The van der Waals surface area contributed by atoms with E-state index in [4.69, 9.17) is 23.2 Å². The number of carbonyl (C=O) groups excluding carboxylic acids is 2. The Morgan fingerprint density at radius 1 is 1.05 bits per heavy atom. The third-order valence-corrected chi connectivity index (χ3v) is 7.65. The standard InChI is InChI=1S/C25H31Cl2F2N3O4S/c1-5-16(2)30-25(34)17(3)31(15-18-8-9-19(26)13-21(18)27)24(33)7-6-12-32(37(4,35)36)20-10-11-22(28)23(29)14-20/h8-11,13-14,16-17H,5-7,12,15H2,1-4H3,(H,30,34)/t16-,17-/m1/s1. The van der Waals surface area contributed by atoms with Crippen LogP contribution >= 0.6 is 23.2 Å². The highest BCUT2D eigenvalue weighted by molar-refractivity contribution is 7.92. The lowest BCUT2D eigenvalue weighted by molar-refractivity contribution is -0.140. The van der Waals surface area contributed by atoms with Crippen molar-refractivity contribution in [3.63, 3.8) is 0 Å². The highest BCUT2D eigenvalue weighted by Crippen LogP contribution is 2.25. The van der Waals surface area contributed by atoms with Gasteiger partial charge < -0.3 is 10.2 Å². The maximum Gasteiger partial charge on any atom is 0.242 e. The number of amides is 2. The summed E-state index contributed by atoms with van der Waals surface area (Å²) in [4.78, 5) is 27.5. The third-order valence-electron chi connectivity index (χ3n) is 5.87. The summed E-state index contributed by atoms with van der Waals surface area (Å²) in [5, 5.41) is 3.62. The molecule has 0 bridgehead atoms. The summed E-state index contributed by atoms with van der Waals surface area (Å²) in [5.41, 5.74) is 0.530. The number of halogens is 4. The van der Waals surface area contributed by atoms with Crippen LogP contribution in [0.25, 0.3) is 0 Å². The van der Waals surface area contributed by atoms with Gasteiger partial charge in [0, 0.05) is 41.7 Å². The molecule has 0 aromatic heterocycles.